The molecular formula is C14H27N3. The third kappa shape index (κ3) is 3.01. The second-order valence-electron chi connectivity index (χ2n) is 6.21. The second kappa shape index (κ2) is 5.25. The molecule has 17 heavy (non-hydrogen) atoms. The summed E-state index contributed by atoms with van der Waals surface area (Å²) in [4.78, 5) is 5.33. The summed E-state index contributed by atoms with van der Waals surface area (Å²) in [6, 6.07) is 0.812. The highest BCUT2D eigenvalue weighted by Crippen LogP contribution is 2.33. The summed E-state index contributed by atoms with van der Waals surface area (Å²) in [5, 5.41) is 3.70. The molecular weight excluding hydrogens is 210 g/mol. The van der Waals surface area contributed by atoms with Gasteiger partial charge in [0.25, 0.3) is 0 Å². The average molecular weight is 237 g/mol. The molecule has 0 aromatic carbocycles. The minimum absolute atomic E-state index is 0.812. The summed E-state index contributed by atoms with van der Waals surface area (Å²) in [5.41, 5.74) is 0. The highest BCUT2D eigenvalue weighted by Gasteiger charge is 2.34. The summed E-state index contributed by atoms with van der Waals surface area (Å²) in [6.45, 7) is 11.3. The standard InChI is InChI=1S/C14H27N3/c1-2-16-7-5-12(9-16)10-17-8-6-15-14(11-17)13-3-4-13/h12-15H,2-11H2,1H3. The van der Waals surface area contributed by atoms with Gasteiger partial charge in [0.1, 0.15) is 0 Å². The third-order valence-corrected chi connectivity index (χ3v) is 4.81. The van der Waals surface area contributed by atoms with E-state index >= 15 is 0 Å². The molecule has 2 saturated heterocycles. The molecule has 2 aliphatic heterocycles. The molecule has 0 aromatic heterocycles. The van der Waals surface area contributed by atoms with Gasteiger partial charge in [0.15, 0.2) is 0 Å². The first kappa shape index (κ1) is 11.9. The highest BCUT2D eigenvalue weighted by atomic mass is 15.2. The van der Waals surface area contributed by atoms with E-state index in [2.05, 4.69) is 22.0 Å². The summed E-state index contributed by atoms with van der Waals surface area (Å²) in [7, 11) is 0. The summed E-state index contributed by atoms with van der Waals surface area (Å²) in [6.07, 6.45) is 4.36. The van der Waals surface area contributed by atoms with Crippen molar-refractivity contribution >= 4 is 0 Å². The molecule has 3 heteroatoms. The smallest absolute Gasteiger partial charge is 0.0223 e. The molecule has 3 nitrogen and oxygen atoms in total. The number of rotatable bonds is 4. The monoisotopic (exact) mass is 237 g/mol. The summed E-state index contributed by atoms with van der Waals surface area (Å²) >= 11 is 0. The van der Waals surface area contributed by atoms with Gasteiger partial charge in [0.2, 0.25) is 0 Å². The van der Waals surface area contributed by atoms with E-state index in [1.807, 2.05) is 0 Å². The molecule has 0 radical (unpaired) electrons. The van der Waals surface area contributed by atoms with Gasteiger partial charge in [0, 0.05) is 38.8 Å². The van der Waals surface area contributed by atoms with Crippen molar-refractivity contribution in [2.24, 2.45) is 11.8 Å². The van der Waals surface area contributed by atoms with Crippen LogP contribution in [0.2, 0.25) is 0 Å². The van der Waals surface area contributed by atoms with E-state index in [4.69, 9.17) is 0 Å². The van der Waals surface area contributed by atoms with Crippen molar-refractivity contribution in [3.63, 3.8) is 0 Å². The van der Waals surface area contributed by atoms with Crippen molar-refractivity contribution in [3.05, 3.63) is 0 Å². The zero-order chi connectivity index (χ0) is 11.7. The fourth-order valence-electron chi connectivity index (χ4n) is 3.54. The molecule has 2 heterocycles. The normalized spacial score (nSPS) is 36.5. The second-order valence-corrected chi connectivity index (χ2v) is 6.21. The predicted octanol–water partition coefficient (Wildman–Crippen LogP) is 1.01. The van der Waals surface area contributed by atoms with E-state index < -0.39 is 0 Å². The van der Waals surface area contributed by atoms with Gasteiger partial charge in [-0.3, -0.25) is 0 Å². The Balaban J connectivity index is 1.44. The van der Waals surface area contributed by atoms with Crippen LogP contribution in [0.25, 0.3) is 0 Å². The Bertz CT molecular complexity index is 252. The van der Waals surface area contributed by atoms with E-state index in [-0.39, 0.29) is 0 Å². The summed E-state index contributed by atoms with van der Waals surface area (Å²) < 4.78 is 0. The Kier molecular flexibility index (Phi) is 3.69. The number of nitrogens with one attached hydrogen (secondary N) is 1. The fraction of sp³-hybridized carbons (Fsp3) is 1.00. The van der Waals surface area contributed by atoms with Gasteiger partial charge in [-0.15, -0.1) is 0 Å². The van der Waals surface area contributed by atoms with E-state index in [1.54, 1.807) is 0 Å². The van der Waals surface area contributed by atoms with Crippen LogP contribution in [0.1, 0.15) is 26.2 Å². The van der Waals surface area contributed by atoms with Crippen LogP contribution in [0.4, 0.5) is 0 Å². The third-order valence-electron chi connectivity index (χ3n) is 4.81. The van der Waals surface area contributed by atoms with Gasteiger partial charge in [0.05, 0.1) is 0 Å². The predicted molar refractivity (Wildman–Crippen MR) is 71.2 cm³/mol. The topological polar surface area (TPSA) is 18.5 Å². The van der Waals surface area contributed by atoms with Crippen LogP contribution in [0.5, 0.6) is 0 Å². The Hall–Kier alpha value is -0.120. The number of likely N-dealkylation sites (tertiary alicyclic amines) is 1. The molecule has 98 valence electrons. The van der Waals surface area contributed by atoms with Gasteiger partial charge >= 0.3 is 0 Å². The molecule has 3 fully saturated rings. The maximum Gasteiger partial charge on any atom is 0.0223 e. The lowest BCUT2D eigenvalue weighted by Crippen LogP contribution is -2.52. The zero-order valence-electron chi connectivity index (χ0n) is 11.2. The van der Waals surface area contributed by atoms with Crippen molar-refractivity contribution in [1.82, 2.24) is 15.1 Å². The lowest BCUT2D eigenvalue weighted by molar-refractivity contribution is 0.164. The maximum absolute atomic E-state index is 3.70. The molecule has 2 unspecified atom stereocenters. The highest BCUT2D eigenvalue weighted by molar-refractivity contribution is 4.92. The van der Waals surface area contributed by atoms with Gasteiger partial charge in [-0.1, -0.05) is 6.92 Å². The summed E-state index contributed by atoms with van der Waals surface area (Å²) in [5.74, 6) is 1.95. The van der Waals surface area contributed by atoms with E-state index in [1.165, 1.54) is 65.1 Å². The van der Waals surface area contributed by atoms with E-state index in [0.29, 0.717) is 0 Å². The Labute approximate surface area is 106 Å². The number of piperazine rings is 1. The SMILES string of the molecule is CCN1CCC(CN2CCNC(C3CC3)C2)C1. The minimum Gasteiger partial charge on any atom is -0.311 e. The number of hydrogen-bond acceptors (Lipinski definition) is 3. The van der Waals surface area contributed by atoms with Crippen LogP contribution in [0, 0.1) is 11.8 Å². The first-order chi connectivity index (χ1) is 8.35. The van der Waals surface area contributed by atoms with Crippen molar-refractivity contribution in [2.75, 3.05) is 45.8 Å². The molecule has 0 amide bonds. The quantitative estimate of drug-likeness (QED) is 0.787. The lowest BCUT2D eigenvalue weighted by atomic mass is 10.1. The number of hydrogen-bond donors (Lipinski definition) is 1. The van der Waals surface area contributed by atoms with E-state index in [0.717, 1.165) is 17.9 Å². The molecule has 0 bridgehead atoms. The molecule has 3 rings (SSSR count). The average Bonchev–Trinajstić information content (AvgIpc) is 3.11. The molecule has 1 N–H and O–H groups in total. The molecule has 0 spiro atoms. The first-order valence-corrected chi connectivity index (χ1v) is 7.53. The van der Waals surface area contributed by atoms with Gasteiger partial charge in [-0.25, -0.2) is 0 Å². The Morgan fingerprint density at radius 2 is 1.94 bits per heavy atom. The lowest BCUT2D eigenvalue weighted by Gasteiger charge is -2.35. The molecule has 2 atom stereocenters. The van der Waals surface area contributed by atoms with Crippen molar-refractivity contribution < 1.29 is 0 Å². The van der Waals surface area contributed by atoms with Crippen LogP contribution in [0.15, 0.2) is 0 Å². The molecule has 1 saturated carbocycles. The van der Waals surface area contributed by atoms with Gasteiger partial charge in [-0.2, -0.15) is 0 Å². The molecule has 3 aliphatic rings. The van der Waals surface area contributed by atoms with Crippen molar-refractivity contribution in [1.29, 1.82) is 0 Å². The zero-order valence-corrected chi connectivity index (χ0v) is 11.2. The largest absolute Gasteiger partial charge is 0.311 e. The molecule has 0 aromatic rings. The van der Waals surface area contributed by atoms with Crippen LogP contribution in [-0.2, 0) is 0 Å². The van der Waals surface area contributed by atoms with Crippen molar-refractivity contribution in [3.8, 4) is 0 Å². The first-order valence-electron chi connectivity index (χ1n) is 7.53. The number of nitrogens with zero attached hydrogens (tertiary/aromatic N) is 2. The van der Waals surface area contributed by atoms with Crippen LogP contribution in [-0.4, -0.2) is 61.7 Å². The van der Waals surface area contributed by atoms with Crippen molar-refractivity contribution in [2.45, 2.75) is 32.2 Å². The fourth-order valence-corrected chi connectivity index (χ4v) is 3.54. The Morgan fingerprint density at radius 1 is 1.06 bits per heavy atom. The van der Waals surface area contributed by atoms with Gasteiger partial charge in [-0.05, 0) is 44.2 Å². The van der Waals surface area contributed by atoms with Crippen LogP contribution >= 0.6 is 0 Å². The van der Waals surface area contributed by atoms with Crippen LogP contribution < -0.4 is 5.32 Å². The Morgan fingerprint density at radius 3 is 2.65 bits per heavy atom. The van der Waals surface area contributed by atoms with Gasteiger partial charge < -0.3 is 15.1 Å². The molecule has 1 aliphatic carbocycles. The van der Waals surface area contributed by atoms with Crippen LogP contribution in [0.3, 0.4) is 0 Å². The minimum atomic E-state index is 0.812. The maximum atomic E-state index is 3.70. The van der Waals surface area contributed by atoms with E-state index in [9.17, 15) is 0 Å².